The number of nitrogens with one attached hydrogen (secondary N) is 2. The minimum atomic E-state index is -0.386. The van der Waals surface area contributed by atoms with Crippen LogP contribution in [0.15, 0.2) is 24.3 Å². The molecule has 0 fully saturated rings. The Morgan fingerprint density at radius 2 is 2.00 bits per heavy atom. The van der Waals surface area contributed by atoms with E-state index in [2.05, 4.69) is 23.1 Å². The van der Waals surface area contributed by atoms with E-state index in [1.807, 2.05) is 0 Å². The molecule has 0 bridgehead atoms. The first-order chi connectivity index (χ1) is 7.58. The zero-order chi connectivity index (χ0) is 12.0. The standard InChI is InChI=1S/C9H10ClN3O2S/c10-6-1-3-7(4-2-6)15-5-8(14)12-13-9(11)16/h1-4H,5H2,(H,12,14)(H3,11,13,16). The van der Waals surface area contributed by atoms with Gasteiger partial charge in [0.2, 0.25) is 0 Å². The third-order valence-electron chi connectivity index (χ3n) is 1.51. The average Bonchev–Trinajstić information content (AvgIpc) is 2.25. The highest BCUT2D eigenvalue weighted by atomic mass is 35.5. The largest absolute Gasteiger partial charge is 0.484 e. The van der Waals surface area contributed by atoms with Crippen LogP contribution in [-0.4, -0.2) is 17.6 Å². The molecule has 0 saturated carbocycles. The molecule has 0 aliphatic rings. The number of hydrogen-bond acceptors (Lipinski definition) is 3. The lowest BCUT2D eigenvalue weighted by Gasteiger charge is -2.07. The van der Waals surface area contributed by atoms with Gasteiger partial charge in [0, 0.05) is 5.02 Å². The van der Waals surface area contributed by atoms with Crippen LogP contribution in [0.2, 0.25) is 5.02 Å². The van der Waals surface area contributed by atoms with Gasteiger partial charge in [0.25, 0.3) is 5.91 Å². The molecule has 0 spiro atoms. The zero-order valence-electron chi connectivity index (χ0n) is 8.20. The zero-order valence-corrected chi connectivity index (χ0v) is 9.77. The highest BCUT2D eigenvalue weighted by Crippen LogP contribution is 2.15. The van der Waals surface area contributed by atoms with Crippen molar-refractivity contribution in [2.75, 3.05) is 6.61 Å². The summed E-state index contributed by atoms with van der Waals surface area (Å²) < 4.78 is 5.16. The Balaban J connectivity index is 2.31. The van der Waals surface area contributed by atoms with Gasteiger partial charge in [-0.25, -0.2) is 0 Å². The molecule has 16 heavy (non-hydrogen) atoms. The van der Waals surface area contributed by atoms with Gasteiger partial charge in [-0.3, -0.25) is 15.6 Å². The summed E-state index contributed by atoms with van der Waals surface area (Å²) in [6.45, 7) is -0.142. The summed E-state index contributed by atoms with van der Waals surface area (Å²) in [7, 11) is 0. The Kier molecular flexibility index (Phi) is 4.81. The van der Waals surface area contributed by atoms with Gasteiger partial charge in [-0.2, -0.15) is 0 Å². The molecule has 0 radical (unpaired) electrons. The fourth-order valence-corrected chi connectivity index (χ4v) is 1.02. The van der Waals surface area contributed by atoms with Gasteiger partial charge in [-0.05, 0) is 36.5 Å². The van der Waals surface area contributed by atoms with Crippen LogP contribution in [0.3, 0.4) is 0 Å². The van der Waals surface area contributed by atoms with Crippen LogP contribution in [0.1, 0.15) is 0 Å². The topological polar surface area (TPSA) is 76.4 Å². The molecular formula is C9H10ClN3O2S. The van der Waals surface area contributed by atoms with Gasteiger partial charge in [0.15, 0.2) is 11.7 Å². The molecule has 1 rings (SSSR count). The van der Waals surface area contributed by atoms with E-state index in [9.17, 15) is 4.79 Å². The molecule has 1 aromatic rings. The number of halogens is 1. The van der Waals surface area contributed by atoms with Crippen LogP contribution in [0.25, 0.3) is 0 Å². The van der Waals surface area contributed by atoms with Crippen molar-refractivity contribution >= 4 is 34.8 Å². The maximum atomic E-state index is 11.1. The van der Waals surface area contributed by atoms with Crippen LogP contribution in [0, 0.1) is 0 Å². The predicted octanol–water partition coefficient (Wildman–Crippen LogP) is 0.583. The number of hydrogen-bond donors (Lipinski definition) is 3. The molecule has 4 N–H and O–H groups in total. The molecule has 0 aliphatic carbocycles. The predicted molar refractivity (Wildman–Crippen MR) is 65.0 cm³/mol. The smallest absolute Gasteiger partial charge is 0.276 e. The summed E-state index contributed by atoms with van der Waals surface area (Å²) in [5.41, 5.74) is 9.67. The number of carbonyl (C=O) groups is 1. The van der Waals surface area contributed by atoms with Crippen LogP contribution < -0.4 is 21.3 Å². The molecule has 0 heterocycles. The monoisotopic (exact) mass is 259 g/mol. The number of nitrogens with two attached hydrogens (primary N) is 1. The maximum absolute atomic E-state index is 11.1. The third kappa shape index (κ3) is 4.81. The van der Waals surface area contributed by atoms with E-state index in [1.165, 1.54) is 0 Å². The highest BCUT2D eigenvalue weighted by Gasteiger charge is 2.01. The number of hydrazine groups is 1. The normalized spacial score (nSPS) is 9.31. The van der Waals surface area contributed by atoms with Crippen molar-refractivity contribution in [3.8, 4) is 5.75 Å². The average molecular weight is 260 g/mol. The Hall–Kier alpha value is -1.53. The summed E-state index contributed by atoms with van der Waals surface area (Å²) >= 11 is 10.2. The molecule has 0 aromatic heterocycles. The molecule has 86 valence electrons. The quantitative estimate of drug-likeness (QED) is 0.547. The Morgan fingerprint density at radius 3 is 2.56 bits per heavy atom. The van der Waals surface area contributed by atoms with Crippen molar-refractivity contribution in [2.45, 2.75) is 0 Å². The number of benzene rings is 1. The van der Waals surface area contributed by atoms with Gasteiger partial charge >= 0.3 is 0 Å². The summed E-state index contributed by atoms with van der Waals surface area (Å²) in [6.07, 6.45) is 0. The molecule has 0 unspecified atom stereocenters. The second kappa shape index (κ2) is 6.14. The van der Waals surface area contributed by atoms with E-state index < -0.39 is 0 Å². The van der Waals surface area contributed by atoms with Crippen molar-refractivity contribution in [2.24, 2.45) is 5.73 Å². The van der Waals surface area contributed by atoms with E-state index >= 15 is 0 Å². The second-order valence-electron chi connectivity index (χ2n) is 2.78. The lowest BCUT2D eigenvalue weighted by molar-refractivity contribution is -0.123. The SMILES string of the molecule is NC(=S)NNC(=O)COc1ccc(Cl)cc1. The molecule has 1 amide bonds. The fraction of sp³-hybridized carbons (Fsp3) is 0.111. The van der Waals surface area contributed by atoms with Gasteiger partial charge in [0.05, 0.1) is 0 Å². The Bertz CT molecular complexity index is 383. The summed E-state index contributed by atoms with van der Waals surface area (Å²) in [4.78, 5) is 11.1. The molecular weight excluding hydrogens is 250 g/mol. The number of carbonyl (C=O) groups excluding carboxylic acids is 1. The van der Waals surface area contributed by atoms with Gasteiger partial charge in [0.1, 0.15) is 5.75 Å². The summed E-state index contributed by atoms with van der Waals surface area (Å²) in [6, 6.07) is 6.66. The number of rotatable bonds is 3. The summed E-state index contributed by atoms with van der Waals surface area (Å²) in [5.74, 6) is 0.164. The van der Waals surface area contributed by atoms with Crippen molar-refractivity contribution in [3.63, 3.8) is 0 Å². The van der Waals surface area contributed by atoms with Crippen molar-refractivity contribution in [1.82, 2.24) is 10.9 Å². The van der Waals surface area contributed by atoms with Crippen LogP contribution in [-0.2, 0) is 4.79 Å². The van der Waals surface area contributed by atoms with Gasteiger partial charge in [-0.15, -0.1) is 0 Å². The van der Waals surface area contributed by atoms with Crippen molar-refractivity contribution in [1.29, 1.82) is 0 Å². The lowest BCUT2D eigenvalue weighted by Crippen LogP contribution is -2.46. The van der Waals surface area contributed by atoms with Gasteiger partial charge < -0.3 is 10.5 Å². The third-order valence-corrected chi connectivity index (χ3v) is 1.86. The number of ether oxygens (including phenoxy) is 1. The highest BCUT2D eigenvalue weighted by molar-refractivity contribution is 7.80. The van der Waals surface area contributed by atoms with E-state index in [1.54, 1.807) is 24.3 Å². The van der Waals surface area contributed by atoms with E-state index in [-0.39, 0.29) is 17.6 Å². The van der Waals surface area contributed by atoms with Crippen LogP contribution >= 0.6 is 23.8 Å². The number of amides is 1. The van der Waals surface area contributed by atoms with Gasteiger partial charge in [-0.1, -0.05) is 11.6 Å². The first-order valence-corrected chi connectivity index (χ1v) is 5.09. The van der Waals surface area contributed by atoms with E-state index in [0.717, 1.165) is 0 Å². The Morgan fingerprint density at radius 1 is 1.38 bits per heavy atom. The first-order valence-electron chi connectivity index (χ1n) is 4.30. The number of thiocarbonyl (C=S) groups is 1. The van der Waals surface area contributed by atoms with Crippen molar-refractivity contribution in [3.05, 3.63) is 29.3 Å². The van der Waals surface area contributed by atoms with Crippen LogP contribution in [0.5, 0.6) is 5.75 Å². The van der Waals surface area contributed by atoms with E-state index in [4.69, 9.17) is 22.1 Å². The van der Waals surface area contributed by atoms with Crippen molar-refractivity contribution < 1.29 is 9.53 Å². The molecule has 0 aliphatic heterocycles. The fourth-order valence-electron chi connectivity index (χ4n) is 0.847. The molecule has 7 heteroatoms. The summed E-state index contributed by atoms with van der Waals surface area (Å²) in [5, 5.41) is 0.590. The molecule has 0 atom stereocenters. The molecule has 1 aromatic carbocycles. The minimum absolute atomic E-state index is 0.0140. The minimum Gasteiger partial charge on any atom is -0.484 e. The molecule has 5 nitrogen and oxygen atoms in total. The lowest BCUT2D eigenvalue weighted by atomic mass is 10.3. The second-order valence-corrected chi connectivity index (χ2v) is 3.66. The van der Waals surface area contributed by atoms with Crippen LogP contribution in [0.4, 0.5) is 0 Å². The first kappa shape index (κ1) is 12.5. The molecule has 0 saturated heterocycles. The Labute approximate surface area is 103 Å². The maximum Gasteiger partial charge on any atom is 0.276 e. The van der Waals surface area contributed by atoms with E-state index in [0.29, 0.717) is 10.8 Å².